The maximum absolute atomic E-state index is 12.2. The average molecular weight is 283 g/mol. The van der Waals surface area contributed by atoms with Crippen LogP contribution in [0.4, 0.5) is 5.69 Å². The maximum Gasteiger partial charge on any atom is 0.224 e. The number of benzene rings is 1. The van der Waals surface area contributed by atoms with E-state index in [4.69, 9.17) is 0 Å². The van der Waals surface area contributed by atoms with Gasteiger partial charge in [0.15, 0.2) is 0 Å². The second kappa shape index (κ2) is 6.68. The van der Waals surface area contributed by atoms with Crippen molar-refractivity contribution >= 4 is 22.4 Å². The summed E-state index contributed by atoms with van der Waals surface area (Å²) in [6.45, 7) is 2.17. The molecule has 1 fully saturated rings. The molecule has 1 aromatic heterocycles. The van der Waals surface area contributed by atoms with E-state index in [0.29, 0.717) is 12.3 Å². The fraction of sp³-hybridized carbons (Fsp3) is 0.412. The highest BCUT2D eigenvalue weighted by atomic mass is 16.1. The molecule has 110 valence electrons. The largest absolute Gasteiger partial charge is 0.325 e. The van der Waals surface area contributed by atoms with Gasteiger partial charge in [-0.3, -0.25) is 9.78 Å². The van der Waals surface area contributed by atoms with Gasteiger partial charge in [-0.05, 0) is 55.8 Å². The third-order valence-corrected chi connectivity index (χ3v) is 4.20. The van der Waals surface area contributed by atoms with Crippen LogP contribution in [0, 0.1) is 5.92 Å². The molecule has 4 heteroatoms. The van der Waals surface area contributed by atoms with E-state index in [-0.39, 0.29) is 5.91 Å². The van der Waals surface area contributed by atoms with Crippen LogP contribution in [-0.2, 0) is 4.79 Å². The SMILES string of the molecule is O=C(CCC1CCNCC1)Nc1cccc2ccncc12. The molecule has 0 bridgehead atoms. The van der Waals surface area contributed by atoms with Crippen molar-refractivity contribution in [2.75, 3.05) is 18.4 Å². The standard InChI is InChI=1S/C17H21N3O/c21-17(5-4-13-6-9-18-10-7-13)20-16-3-1-2-14-8-11-19-12-15(14)16/h1-3,8,11-13,18H,4-7,9-10H2,(H,20,21). The van der Waals surface area contributed by atoms with E-state index in [1.807, 2.05) is 24.3 Å². The molecule has 1 aliphatic heterocycles. The van der Waals surface area contributed by atoms with E-state index in [2.05, 4.69) is 15.6 Å². The third kappa shape index (κ3) is 3.58. The minimum Gasteiger partial charge on any atom is -0.325 e. The molecular formula is C17H21N3O. The molecule has 0 radical (unpaired) electrons. The lowest BCUT2D eigenvalue weighted by atomic mass is 9.93. The number of hydrogen-bond donors (Lipinski definition) is 2. The number of rotatable bonds is 4. The minimum atomic E-state index is 0.102. The van der Waals surface area contributed by atoms with Gasteiger partial charge in [-0.1, -0.05) is 12.1 Å². The van der Waals surface area contributed by atoms with Gasteiger partial charge < -0.3 is 10.6 Å². The first kappa shape index (κ1) is 14.0. The van der Waals surface area contributed by atoms with Gasteiger partial charge in [0.2, 0.25) is 5.91 Å². The maximum atomic E-state index is 12.2. The number of fused-ring (bicyclic) bond motifs is 1. The van der Waals surface area contributed by atoms with Gasteiger partial charge in [0.25, 0.3) is 0 Å². The Kier molecular flexibility index (Phi) is 4.46. The number of hydrogen-bond acceptors (Lipinski definition) is 3. The Morgan fingerprint density at radius 2 is 2.14 bits per heavy atom. The number of carbonyl (C=O) groups is 1. The van der Waals surface area contributed by atoms with Crippen molar-refractivity contribution in [2.45, 2.75) is 25.7 Å². The molecular weight excluding hydrogens is 262 g/mol. The van der Waals surface area contributed by atoms with Crippen molar-refractivity contribution in [1.29, 1.82) is 0 Å². The van der Waals surface area contributed by atoms with Crippen LogP contribution in [0.3, 0.4) is 0 Å². The van der Waals surface area contributed by atoms with Crippen molar-refractivity contribution < 1.29 is 4.79 Å². The number of piperidine rings is 1. The van der Waals surface area contributed by atoms with Crippen molar-refractivity contribution in [1.82, 2.24) is 10.3 Å². The molecule has 2 N–H and O–H groups in total. The van der Waals surface area contributed by atoms with E-state index in [0.717, 1.165) is 36.0 Å². The fourth-order valence-electron chi connectivity index (χ4n) is 2.94. The Morgan fingerprint density at radius 3 is 3.00 bits per heavy atom. The molecule has 3 rings (SSSR count). The Labute approximate surface area is 125 Å². The van der Waals surface area contributed by atoms with Crippen LogP contribution in [0.25, 0.3) is 10.8 Å². The lowest BCUT2D eigenvalue weighted by Gasteiger charge is -2.22. The van der Waals surface area contributed by atoms with Gasteiger partial charge in [-0.15, -0.1) is 0 Å². The Morgan fingerprint density at radius 1 is 1.29 bits per heavy atom. The van der Waals surface area contributed by atoms with E-state index in [1.165, 1.54) is 12.8 Å². The number of nitrogens with one attached hydrogen (secondary N) is 2. The second-order valence-corrected chi connectivity index (χ2v) is 5.68. The Hall–Kier alpha value is -1.94. The van der Waals surface area contributed by atoms with Gasteiger partial charge in [0, 0.05) is 24.2 Å². The van der Waals surface area contributed by atoms with E-state index in [9.17, 15) is 4.79 Å². The Bertz CT molecular complexity index is 615. The summed E-state index contributed by atoms with van der Waals surface area (Å²) in [5, 5.41) is 8.48. The van der Waals surface area contributed by atoms with Crippen LogP contribution in [-0.4, -0.2) is 24.0 Å². The highest BCUT2D eigenvalue weighted by Gasteiger charge is 2.14. The molecule has 1 aromatic carbocycles. The van der Waals surface area contributed by atoms with Crippen molar-refractivity contribution in [3.05, 3.63) is 36.7 Å². The smallest absolute Gasteiger partial charge is 0.224 e. The minimum absolute atomic E-state index is 0.102. The molecule has 2 heterocycles. The lowest BCUT2D eigenvalue weighted by Crippen LogP contribution is -2.28. The molecule has 2 aromatic rings. The first-order chi connectivity index (χ1) is 10.3. The first-order valence-electron chi connectivity index (χ1n) is 7.66. The topological polar surface area (TPSA) is 54.0 Å². The molecule has 0 saturated carbocycles. The number of amides is 1. The van der Waals surface area contributed by atoms with Crippen LogP contribution >= 0.6 is 0 Å². The molecule has 0 atom stereocenters. The highest BCUT2D eigenvalue weighted by molar-refractivity contribution is 6.01. The number of nitrogens with zero attached hydrogens (tertiary/aromatic N) is 1. The van der Waals surface area contributed by atoms with Gasteiger partial charge >= 0.3 is 0 Å². The number of anilines is 1. The quantitative estimate of drug-likeness (QED) is 0.907. The van der Waals surface area contributed by atoms with Crippen LogP contribution in [0.5, 0.6) is 0 Å². The lowest BCUT2D eigenvalue weighted by molar-refractivity contribution is -0.116. The van der Waals surface area contributed by atoms with E-state index >= 15 is 0 Å². The summed E-state index contributed by atoms with van der Waals surface area (Å²) >= 11 is 0. The molecule has 0 aliphatic carbocycles. The zero-order valence-electron chi connectivity index (χ0n) is 12.1. The van der Waals surface area contributed by atoms with Crippen molar-refractivity contribution in [3.8, 4) is 0 Å². The fourth-order valence-corrected chi connectivity index (χ4v) is 2.94. The number of carbonyl (C=O) groups excluding carboxylic acids is 1. The number of aromatic nitrogens is 1. The van der Waals surface area contributed by atoms with Crippen LogP contribution in [0.2, 0.25) is 0 Å². The summed E-state index contributed by atoms with van der Waals surface area (Å²) in [6, 6.07) is 7.89. The molecule has 0 unspecified atom stereocenters. The Balaban J connectivity index is 1.61. The zero-order chi connectivity index (χ0) is 14.5. The van der Waals surface area contributed by atoms with Crippen LogP contribution < -0.4 is 10.6 Å². The summed E-state index contributed by atoms with van der Waals surface area (Å²) < 4.78 is 0. The molecule has 4 nitrogen and oxygen atoms in total. The van der Waals surface area contributed by atoms with Crippen LogP contribution in [0.1, 0.15) is 25.7 Å². The average Bonchev–Trinajstić information content (AvgIpc) is 2.54. The highest BCUT2D eigenvalue weighted by Crippen LogP contribution is 2.23. The first-order valence-corrected chi connectivity index (χ1v) is 7.66. The summed E-state index contributed by atoms with van der Waals surface area (Å²) in [7, 11) is 0. The molecule has 21 heavy (non-hydrogen) atoms. The molecule has 1 saturated heterocycles. The van der Waals surface area contributed by atoms with Gasteiger partial charge in [0.05, 0.1) is 5.69 Å². The van der Waals surface area contributed by atoms with Gasteiger partial charge in [-0.2, -0.15) is 0 Å². The second-order valence-electron chi connectivity index (χ2n) is 5.68. The van der Waals surface area contributed by atoms with Crippen LogP contribution in [0.15, 0.2) is 36.7 Å². The predicted octanol–water partition coefficient (Wildman–Crippen LogP) is 2.95. The molecule has 1 amide bonds. The van der Waals surface area contributed by atoms with E-state index < -0.39 is 0 Å². The summed E-state index contributed by atoms with van der Waals surface area (Å²) in [6.07, 6.45) is 7.53. The third-order valence-electron chi connectivity index (χ3n) is 4.20. The molecule has 1 aliphatic rings. The van der Waals surface area contributed by atoms with Crippen molar-refractivity contribution in [2.24, 2.45) is 5.92 Å². The normalized spacial score (nSPS) is 16.0. The summed E-state index contributed by atoms with van der Waals surface area (Å²) in [5.41, 5.74) is 0.857. The summed E-state index contributed by atoms with van der Waals surface area (Å²) in [5.74, 6) is 0.788. The summed E-state index contributed by atoms with van der Waals surface area (Å²) in [4.78, 5) is 16.3. The van der Waals surface area contributed by atoms with Gasteiger partial charge in [0.1, 0.15) is 0 Å². The van der Waals surface area contributed by atoms with E-state index in [1.54, 1.807) is 12.4 Å². The number of pyridine rings is 1. The van der Waals surface area contributed by atoms with Gasteiger partial charge in [-0.25, -0.2) is 0 Å². The monoisotopic (exact) mass is 283 g/mol. The molecule has 0 spiro atoms. The predicted molar refractivity (Wildman–Crippen MR) is 85.2 cm³/mol. The zero-order valence-corrected chi connectivity index (χ0v) is 12.1. The van der Waals surface area contributed by atoms with Crippen molar-refractivity contribution in [3.63, 3.8) is 0 Å².